The van der Waals surface area contributed by atoms with Crippen LogP contribution in [0.25, 0.3) is 0 Å². The van der Waals surface area contributed by atoms with Crippen molar-refractivity contribution in [2.45, 2.75) is 32.0 Å². The number of hydrogen-bond acceptors (Lipinski definition) is 6. The summed E-state index contributed by atoms with van der Waals surface area (Å²) in [4.78, 5) is 23.3. The third-order valence-corrected chi connectivity index (χ3v) is 3.18. The molecule has 0 saturated carbocycles. The molecule has 3 N–H and O–H groups in total. The van der Waals surface area contributed by atoms with Gasteiger partial charge in [-0.05, 0) is 25.5 Å². The van der Waals surface area contributed by atoms with Crippen molar-refractivity contribution >= 4 is 11.9 Å². The molecule has 23 heavy (non-hydrogen) atoms. The van der Waals surface area contributed by atoms with Crippen LogP contribution < -0.4 is 0 Å². The molecule has 0 amide bonds. The van der Waals surface area contributed by atoms with E-state index in [0.29, 0.717) is 5.56 Å². The van der Waals surface area contributed by atoms with Crippen molar-refractivity contribution in [2.75, 3.05) is 0 Å². The average molecular weight is 320 g/mol. The number of carboxylic acids is 2. The second-order valence-electron chi connectivity index (χ2n) is 5.17. The Hall–Kier alpha value is -2.81. The molecule has 2 aromatic rings. The van der Waals surface area contributed by atoms with E-state index in [1.54, 1.807) is 26.0 Å². The van der Waals surface area contributed by atoms with Gasteiger partial charge in [0.25, 0.3) is 0 Å². The van der Waals surface area contributed by atoms with Gasteiger partial charge in [-0.2, -0.15) is 5.21 Å². The fraction of sp³-hybridized carbons (Fsp3) is 0.357. The van der Waals surface area contributed by atoms with E-state index in [2.05, 4.69) is 20.6 Å². The Labute approximate surface area is 131 Å². The number of H-pyrrole nitrogens is 1. The maximum Gasteiger partial charge on any atom is 0.344 e. The Kier molecular flexibility index (Phi) is 4.70. The van der Waals surface area contributed by atoms with Gasteiger partial charge in [-0.1, -0.05) is 23.4 Å². The van der Waals surface area contributed by atoms with Gasteiger partial charge >= 0.3 is 11.9 Å². The highest BCUT2D eigenvalue weighted by Gasteiger charge is 2.47. The van der Waals surface area contributed by atoms with Gasteiger partial charge in [-0.3, -0.25) is 0 Å². The minimum Gasteiger partial charge on any atom is -0.479 e. The highest BCUT2D eigenvalue weighted by molar-refractivity contribution is 5.90. The monoisotopic (exact) mass is 320 g/mol. The van der Waals surface area contributed by atoms with Gasteiger partial charge in [0.05, 0.1) is 11.7 Å². The van der Waals surface area contributed by atoms with Crippen LogP contribution in [0.2, 0.25) is 0 Å². The Morgan fingerprint density at radius 3 is 2.52 bits per heavy atom. The smallest absolute Gasteiger partial charge is 0.344 e. The van der Waals surface area contributed by atoms with Crippen molar-refractivity contribution in [1.29, 1.82) is 0 Å². The first-order chi connectivity index (χ1) is 10.9. The molecule has 122 valence electrons. The van der Waals surface area contributed by atoms with Crippen LogP contribution >= 0.6 is 0 Å². The third kappa shape index (κ3) is 3.34. The molecule has 0 aliphatic heterocycles. The number of aromatic amines is 1. The van der Waals surface area contributed by atoms with Gasteiger partial charge in [0.2, 0.25) is 11.4 Å². The van der Waals surface area contributed by atoms with Crippen LogP contribution in [0, 0.1) is 0 Å². The topological polar surface area (TPSA) is 138 Å². The van der Waals surface area contributed by atoms with Gasteiger partial charge in [-0.15, -0.1) is 10.2 Å². The standard InChI is InChI=1S/C14H16N4O5/c1-8(2)23-14(13(21)22,12-15-17-18-16-12)7-9-5-3-4-6-10(9)11(19)20/h3-6,8H,7H2,1-2H3,(H,19,20)(H,21,22)(H,15,16,17,18). The molecule has 0 saturated heterocycles. The van der Waals surface area contributed by atoms with E-state index < -0.39 is 23.6 Å². The lowest BCUT2D eigenvalue weighted by Crippen LogP contribution is -2.44. The van der Waals surface area contributed by atoms with E-state index in [9.17, 15) is 19.8 Å². The molecule has 1 heterocycles. The summed E-state index contributed by atoms with van der Waals surface area (Å²) in [5.74, 6) is -2.65. The summed E-state index contributed by atoms with van der Waals surface area (Å²) in [6.45, 7) is 3.34. The largest absolute Gasteiger partial charge is 0.479 e. The fourth-order valence-corrected chi connectivity index (χ4v) is 2.28. The zero-order valence-electron chi connectivity index (χ0n) is 12.6. The molecule has 0 bridgehead atoms. The lowest BCUT2D eigenvalue weighted by Gasteiger charge is -2.29. The molecule has 1 unspecified atom stereocenters. The number of hydrogen-bond donors (Lipinski definition) is 3. The first-order valence-corrected chi connectivity index (χ1v) is 6.83. The highest BCUT2D eigenvalue weighted by atomic mass is 16.5. The van der Waals surface area contributed by atoms with Crippen molar-refractivity contribution in [2.24, 2.45) is 0 Å². The van der Waals surface area contributed by atoms with Gasteiger partial charge in [0.15, 0.2) is 0 Å². The summed E-state index contributed by atoms with van der Waals surface area (Å²) in [6.07, 6.45) is -0.704. The number of aromatic nitrogens is 4. The lowest BCUT2D eigenvalue weighted by atomic mass is 9.90. The molecule has 9 heteroatoms. The van der Waals surface area contributed by atoms with Crippen LogP contribution in [0.5, 0.6) is 0 Å². The zero-order chi connectivity index (χ0) is 17.0. The molecule has 0 aliphatic carbocycles. The SMILES string of the molecule is CC(C)OC(Cc1ccccc1C(=O)O)(C(=O)O)c1nn[nH]n1. The number of rotatable bonds is 7. The van der Waals surface area contributed by atoms with E-state index in [4.69, 9.17) is 4.74 Å². The third-order valence-electron chi connectivity index (χ3n) is 3.18. The number of carboxylic acid groups (broad SMARTS) is 2. The van der Waals surface area contributed by atoms with Gasteiger partial charge in [0.1, 0.15) is 0 Å². The normalized spacial score (nSPS) is 13.7. The fourth-order valence-electron chi connectivity index (χ4n) is 2.28. The summed E-state index contributed by atoms with van der Waals surface area (Å²) >= 11 is 0. The maximum absolute atomic E-state index is 11.9. The summed E-state index contributed by atoms with van der Waals surface area (Å²) in [7, 11) is 0. The second kappa shape index (κ2) is 6.53. The van der Waals surface area contributed by atoms with E-state index in [0.717, 1.165) is 0 Å². The molecule has 2 rings (SSSR count). The average Bonchev–Trinajstić information content (AvgIpc) is 3.00. The first-order valence-electron chi connectivity index (χ1n) is 6.83. The van der Waals surface area contributed by atoms with E-state index >= 15 is 0 Å². The molecule has 0 fully saturated rings. The number of benzene rings is 1. The van der Waals surface area contributed by atoms with Crippen LogP contribution in [0.15, 0.2) is 24.3 Å². The number of carbonyl (C=O) groups is 2. The van der Waals surface area contributed by atoms with Crippen molar-refractivity contribution in [3.8, 4) is 0 Å². The van der Waals surface area contributed by atoms with Gasteiger partial charge in [-0.25, -0.2) is 9.59 Å². The van der Waals surface area contributed by atoms with Crippen LogP contribution in [0.3, 0.4) is 0 Å². The van der Waals surface area contributed by atoms with Crippen LogP contribution in [0.4, 0.5) is 0 Å². The Morgan fingerprint density at radius 1 is 1.30 bits per heavy atom. The number of nitrogens with one attached hydrogen (secondary N) is 1. The van der Waals surface area contributed by atoms with E-state index in [-0.39, 0.29) is 17.8 Å². The minimum absolute atomic E-state index is 0.00558. The molecule has 1 aromatic heterocycles. The van der Waals surface area contributed by atoms with Gasteiger partial charge < -0.3 is 14.9 Å². The van der Waals surface area contributed by atoms with Crippen molar-refractivity contribution in [3.63, 3.8) is 0 Å². The molecule has 0 spiro atoms. The minimum atomic E-state index is -1.94. The maximum atomic E-state index is 11.9. The van der Waals surface area contributed by atoms with Gasteiger partial charge in [0, 0.05) is 6.42 Å². The summed E-state index contributed by atoms with van der Waals surface area (Å²) in [5.41, 5.74) is -1.64. The molecule has 1 atom stereocenters. The Balaban J connectivity index is 2.55. The molecule has 9 nitrogen and oxygen atoms in total. The van der Waals surface area contributed by atoms with Crippen molar-refractivity contribution in [1.82, 2.24) is 20.6 Å². The van der Waals surface area contributed by atoms with Crippen LogP contribution in [-0.2, 0) is 21.6 Å². The van der Waals surface area contributed by atoms with E-state index in [1.165, 1.54) is 12.1 Å². The second-order valence-corrected chi connectivity index (χ2v) is 5.17. The highest BCUT2D eigenvalue weighted by Crippen LogP contribution is 2.30. The molecule has 1 aromatic carbocycles. The molecule has 0 radical (unpaired) electrons. The Bertz CT molecular complexity index is 701. The van der Waals surface area contributed by atoms with Crippen molar-refractivity contribution in [3.05, 3.63) is 41.2 Å². The predicted octanol–water partition coefficient (Wildman–Crippen LogP) is 0.845. The summed E-state index contributed by atoms with van der Waals surface area (Å²) in [5, 5.41) is 32.1. The molecular weight excluding hydrogens is 304 g/mol. The summed E-state index contributed by atoms with van der Waals surface area (Å²) in [6, 6.07) is 6.12. The van der Waals surface area contributed by atoms with Crippen LogP contribution in [-0.4, -0.2) is 48.9 Å². The van der Waals surface area contributed by atoms with Crippen molar-refractivity contribution < 1.29 is 24.5 Å². The number of tetrazole rings is 1. The zero-order valence-corrected chi connectivity index (χ0v) is 12.6. The van der Waals surface area contributed by atoms with E-state index in [1.807, 2.05) is 0 Å². The quantitative estimate of drug-likeness (QED) is 0.682. The summed E-state index contributed by atoms with van der Waals surface area (Å²) < 4.78 is 5.60. The number of aromatic carboxylic acids is 1. The molecular formula is C14H16N4O5. The first kappa shape index (κ1) is 16.6. The Morgan fingerprint density at radius 2 is 2.00 bits per heavy atom. The molecule has 0 aliphatic rings. The van der Waals surface area contributed by atoms with Crippen LogP contribution in [0.1, 0.15) is 35.6 Å². The number of ether oxygens (including phenoxy) is 1. The number of aliphatic carboxylic acids is 1. The predicted molar refractivity (Wildman–Crippen MR) is 76.8 cm³/mol. The number of nitrogens with zero attached hydrogens (tertiary/aromatic N) is 3. The lowest BCUT2D eigenvalue weighted by molar-refractivity contribution is -0.175.